The third-order valence-corrected chi connectivity index (χ3v) is 5.44. The highest BCUT2D eigenvalue weighted by Crippen LogP contribution is 2.29. The van der Waals surface area contributed by atoms with Gasteiger partial charge in [0.1, 0.15) is 5.69 Å². The lowest BCUT2D eigenvalue weighted by Gasteiger charge is -2.10. The second-order valence-corrected chi connectivity index (χ2v) is 7.88. The summed E-state index contributed by atoms with van der Waals surface area (Å²) in [5.41, 5.74) is 0.962. The van der Waals surface area contributed by atoms with Gasteiger partial charge < -0.3 is 9.47 Å². The van der Waals surface area contributed by atoms with E-state index in [1.165, 1.54) is 6.92 Å². The molecule has 0 spiro atoms. The molecule has 2 heterocycles. The largest absolute Gasteiger partial charge is 0.490 e. The van der Waals surface area contributed by atoms with Crippen molar-refractivity contribution >= 4 is 28.3 Å². The number of esters is 1. The Morgan fingerprint density at radius 2 is 1.91 bits per heavy atom. The van der Waals surface area contributed by atoms with E-state index in [1.54, 1.807) is 24.3 Å². The van der Waals surface area contributed by atoms with Crippen LogP contribution in [0.5, 0.6) is 11.5 Å². The topological polar surface area (TPSA) is 99.9 Å². The summed E-state index contributed by atoms with van der Waals surface area (Å²) in [6.45, 7) is 3.51. The summed E-state index contributed by atoms with van der Waals surface area (Å²) in [6, 6.07) is 14.4. The fraction of sp³-hybridized carbons (Fsp3) is 0.174. The first-order valence-electron chi connectivity index (χ1n) is 9.88. The van der Waals surface area contributed by atoms with Crippen molar-refractivity contribution in [1.29, 1.82) is 0 Å². The van der Waals surface area contributed by atoms with E-state index in [0.717, 1.165) is 21.4 Å². The van der Waals surface area contributed by atoms with E-state index in [1.807, 2.05) is 37.3 Å². The van der Waals surface area contributed by atoms with Crippen LogP contribution in [0.3, 0.4) is 0 Å². The number of benzene rings is 2. The van der Waals surface area contributed by atoms with E-state index in [4.69, 9.17) is 9.47 Å². The summed E-state index contributed by atoms with van der Waals surface area (Å²) in [5, 5.41) is 4.26. The Bertz CT molecular complexity index is 1460. The molecule has 2 aromatic carbocycles. The molecule has 9 heteroatoms. The van der Waals surface area contributed by atoms with Gasteiger partial charge in [0.05, 0.1) is 11.1 Å². The summed E-state index contributed by atoms with van der Waals surface area (Å²) in [5.74, 6) is 0.234. The lowest BCUT2D eigenvalue weighted by atomic mass is 10.1. The van der Waals surface area contributed by atoms with Crippen molar-refractivity contribution in [2.45, 2.75) is 20.3 Å². The minimum atomic E-state index is -0.456. The first-order chi connectivity index (χ1) is 15.4. The highest BCUT2D eigenvalue weighted by molar-refractivity contribution is 7.15. The van der Waals surface area contributed by atoms with Crippen molar-refractivity contribution in [3.05, 3.63) is 90.6 Å². The predicted octanol–water partition coefficient (Wildman–Crippen LogP) is 1.97. The molecule has 8 nitrogen and oxygen atoms in total. The van der Waals surface area contributed by atoms with Crippen LogP contribution < -0.4 is 25.1 Å². The number of fused-ring (bicyclic) bond motifs is 1. The van der Waals surface area contributed by atoms with Crippen LogP contribution in [0.4, 0.5) is 0 Å². The van der Waals surface area contributed by atoms with Crippen molar-refractivity contribution < 1.29 is 14.3 Å². The van der Waals surface area contributed by atoms with Crippen molar-refractivity contribution in [3.63, 3.8) is 0 Å². The van der Waals surface area contributed by atoms with E-state index in [-0.39, 0.29) is 16.2 Å². The molecule has 0 fully saturated rings. The molecule has 0 unspecified atom stereocenters. The molecule has 0 atom stereocenters. The molecule has 2 aromatic heterocycles. The van der Waals surface area contributed by atoms with Gasteiger partial charge in [-0.05, 0) is 36.3 Å². The number of ether oxygens (including phenoxy) is 2. The molecule has 4 rings (SSSR count). The van der Waals surface area contributed by atoms with E-state index in [9.17, 15) is 14.4 Å². The van der Waals surface area contributed by atoms with Crippen molar-refractivity contribution in [3.8, 4) is 11.5 Å². The number of thiazole rings is 1. The van der Waals surface area contributed by atoms with Gasteiger partial charge in [0.25, 0.3) is 11.1 Å². The van der Waals surface area contributed by atoms with Gasteiger partial charge in [-0.15, -0.1) is 0 Å². The van der Waals surface area contributed by atoms with Crippen LogP contribution in [0.15, 0.2) is 58.1 Å². The average molecular weight is 449 g/mol. The third-order valence-electron chi connectivity index (χ3n) is 4.48. The molecule has 0 aliphatic carbocycles. The quantitative estimate of drug-likeness (QED) is 0.328. The standard InChI is InChI=1S/C23H19N3O5S/c1-3-30-19-12-16(9-10-18(19)31-14(2)27)13-20-22(29)26-23(32-20)24-21(28)17(25-26)11-15-7-5-4-6-8-15/h4-10,12-13H,3,11H2,1-2H3/b20-13-. The Labute approximate surface area is 186 Å². The summed E-state index contributed by atoms with van der Waals surface area (Å²) in [6.07, 6.45) is 1.95. The molecular formula is C23H19N3O5S. The molecule has 32 heavy (non-hydrogen) atoms. The predicted molar refractivity (Wildman–Crippen MR) is 120 cm³/mol. The lowest BCUT2D eigenvalue weighted by Crippen LogP contribution is -2.28. The van der Waals surface area contributed by atoms with E-state index in [2.05, 4.69) is 10.1 Å². The third kappa shape index (κ3) is 4.57. The second-order valence-electron chi connectivity index (χ2n) is 6.87. The molecule has 0 aliphatic heterocycles. The Morgan fingerprint density at radius 1 is 1.12 bits per heavy atom. The minimum absolute atomic E-state index is 0.208. The van der Waals surface area contributed by atoms with E-state index < -0.39 is 11.5 Å². The Balaban J connectivity index is 1.75. The molecule has 0 bridgehead atoms. The Morgan fingerprint density at radius 3 is 2.62 bits per heavy atom. The number of hydrogen-bond acceptors (Lipinski definition) is 8. The van der Waals surface area contributed by atoms with Crippen molar-refractivity contribution in [1.82, 2.24) is 14.6 Å². The Hall–Kier alpha value is -3.85. The van der Waals surface area contributed by atoms with Crippen LogP contribution in [-0.4, -0.2) is 27.2 Å². The smallest absolute Gasteiger partial charge is 0.308 e. The molecule has 0 amide bonds. The maximum atomic E-state index is 12.9. The van der Waals surface area contributed by atoms with Gasteiger partial charge in [0.15, 0.2) is 11.5 Å². The van der Waals surface area contributed by atoms with Gasteiger partial charge in [-0.2, -0.15) is 14.6 Å². The monoisotopic (exact) mass is 449 g/mol. The van der Waals surface area contributed by atoms with Gasteiger partial charge in [0, 0.05) is 13.3 Å². The summed E-state index contributed by atoms with van der Waals surface area (Å²) in [4.78, 5) is 40.9. The Kier molecular flexibility index (Phi) is 6.09. The molecule has 162 valence electrons. The van der Waals surface area contributed by atoms with Crippen molar-refractivity contribution in [2.75, 3.05) is 6.61 Å². The summed E-state index contributed by atoms with van der Waals surface area (Å²) in [7, 11) is 0. The van der Waals surface area contributed by atoms with E-state index in [0.29, 0.717) is 34.6 Å². The lowest BCUT2D eigenvalue weighted by molar-refractivity contribution is -0.132. The maximum absolute atomic E-state index is 12.9. The second kappa shape index (κ2) is 9.11. The highest BCUT2D eigenvalue weighted by Gasteiger charge is 2.13. The van der Waals surface area contributed by atoms with Crippen LogP contribution in [0.25, 0.3) is 11.0 Å². The average Bonchev–Trinajstić information content (AvgIpc) is 3.05. The molecule has 0 saturated carbocycles. The molecule has 0 aliphatic rings. The number of rotatable bonds is 6. The number of nitrogens with zero attached hydrogens (tertiary/aromatic N) is 3. The first kappa shape index (κ1) is 21.4. The number of aromatic nitrogens is 3. The van der Waals surface area contributed by atoms with Gasteiger partial charge in [-0.25, -0.2) is 0 Å². The van der Waals surface area contributed by atoms with Crippen molar-refractivity contribution in [2.24, 2.45) is 0 Å². The summed E-state index contributed by atoms with van der Waals surface area (Å²) < 4.78 is 12.2. The van der Waals surface area contributed by atoms with Crippen LogP contribution >= 0.6 is 11.3 Å². The number of carbonyl (C=O) groups is 1. The zero-order valence-electron chi connectivity index (χ0n) is 17.4. The molecule has 4 aromatic rings. The van der Waals surface area contributed by atoms with Crippen LogP contribution in [0, 0.1) is 0 Å². The molecule has 0 N–H and O–H groups in total. The zero-order chi connectivity index (χ0) is 22.7. The number of carbonyl (C=O) groups excluding carboxylic acids is 1. The van der Waals surface area contributed by atoms with Gasteiger partial charge in [0.2, 0.25) is 4.96 Å². The normalized spacial score (nSPS) is 11.6. The van der Waals surface area contributed by atoms with Gasteiger partial charge in [-0.1, -0.05) is 47.7 Å². The minimum Gasteiger partial charge on any atom is -0.490 e. The van der Waals surface area contributed by atoms with Gasteiger partial charge in [-0.3, -0.25) is 14.4 Å². The maximum Gasteiger partial charge on any atom is 0.308 e. The molecule has 0 radical (unpaired) electrons. The van der Waals surface area contributed by atoms with Crippen LogP contribution in [0.2, 0.25) is 0 Å². The molecular weight excluding hydrogens is 430 g/mol. The zero-order valence-corrected chi connectivity index (χ0v) is 18.2. The highest BCUT2D eigenvalue weighted by atomic mass is 32.1. The fourth-order valence-electron chi connectivity index (χ4n) is 3.11. The van der Waals surface area contributed by atoms with Crippen LogP contribution in [0.1, 0.15) is 30.7 Å². The van der Waals surface area contributed by atoms with Crippen LogP contribution in [-0.2, 0) is 11.2 Å². The SMILES string of the molecule is CCOc1cc(/C=c2\sc3nc(=O)c(Cc4ccccc4)nn3c2=O)ccc1OC(C)=O. The van der Waals surface area contributed by atoms with E-state index >= 15 is 0 Å². The first-order valence-corrected chi connectivity index (χ1v) is 10.7. The molecule has 0 saturated heterocycles. The number of hydrogen-bond donors (Lipinski definition) is 0. The summed E-state index contributed by atoms with van der Waals surface area (Å²) >= 11 is 1.08. The van der Waals surface area contributed by atoms with Gasteiger partial charge >= 0.3 is 5.97 Å². The fourth-order valence-corrected chi connectivity index (χ4v) is 4.02.